The van der Waals surface area contributed by atoms with Crippen molar-refractivity contribution in [2.24, 2.45) is 20.6 Å². The lowest BCUT2D eigenvalue weighted by molar-refractivity contribution is -0.152. The molecule has 6 amide bonds. The maximum atomic E-state index is 13.2. The summed E-state index contributed by atoms with van der Waals surface area (Å²) in [6, 6.07) is 0. The Bertz CT molecular complexity index is 2230. The fourth-order valence-corrected chi connectivity index (χ4v) is 7.35. The number of carboxylic acid groups (broad SMARTS) is 3. The van der Waals surface area contributed by atoms with Gasteiger partial charge in [-0.05, 0) is 0 Å². The van der Waals surface area contributed by atoms with Crippen LogP contribution in [-0.2, 0) is 62.5 Å². The van der Waals surface area contributed by atoms with Crippen LogP contribution in [-0.4, -0.2) is 456 Å². The molecule has 0 spiro atoms. The number of hydrogen-bond donors (Lipinski definition) is 25. The fourth-order valence-electron chi connectivity index (χ4n) is 7.35. The largest absolute Gasteiger partial charge is 0.480 e. The zero-order valence-electron chi connectivity index (χ0n) is 51.5. The van der Waals surface area contributed by atoms with Crippen LogP contribution in [0.15, 0.2) is 20.6 Å². The Labute approximate surface area is 548 Å². The first-order valence-corrected chi connectivity index (χ1v) is 28.6. The Balaban J connectivity index is 6.24. The van der Waals surface area contributed by atoms with Gasteiger partial charge in [0.25, 0.3) is 23.6 Å². The van der Waals surface area contributed by atoms with Gasteiger partial charge < -0.3 is 147 Å². The van der Waals surface area contributed by atoms with Crippen molar-refractivity contribution >= 4 is 78.2 Å². The first-order chi connectivity index (χ1) is 45.6. The summed E-state index contributed by atoms with van der Waals surface area (Å²) in [5, 5.41) is 239. The highest BCUT2D eigenvalue weighted by Gasteiger charge is 2.34. The number of nitrogens with one attached hydrogen (secondary N) is 2. The number of carbonyl (C=O) groups excluding carboxylic acids is 6. The first-order valence-electron chi connectivity index (χ1n) is 28.6. The molecule has 558 valence electrons. The van der Waals surface area contributed by atoms with Gasteiger partial charge in [-0.3, -0.25) is 67.7 Å². The molecule has 97 heavy (non-hydrogen) atoms. The van der Waals surface area contributed by atoms with E-state index >= 15 is 0 Å². The second-order valence-corrected chi connectivity index (χ2v) is 20.5. The quantitative estimate of drug-likeness (QED) is 0.0199. The van der Waals surface area contributed by atoms with E-state index < -0.39 is 276 Å². The molecule has 0 fully saturated rings. The van der Waals surface area contributed by atoms with Crippen LogP contribution in [0, 0.1) is 0 Å². The molecule has 0 aliphatic carbocycles. The lowest BCUT2D eigenvalue weighted by Gasteiger charge is -2.28. The summed E-state index contributed by atoms with van der Waals surface area (Å²) in [5.74, 6) is -11.4. The molecule has 47 nitrogen and oxygen atoms in total. The summed E-state index contributed by atoms with van der Waals surface area (Å²) in [5.41, 5.74) is 0. The van der Waals surface area contributed by atoms with E-state index in [1.54, 1.807) is 0 Å². The van der Waals surface area contributed by atoms with E-state index in [0.29, 0.717) is 34.7 Å². The zero-order chi connectivity index (χ0) is 74.1. The van der Waals surface area contributed by atoms with E-state index in [1.807, 2.05) is 0 Å². The topological polar surface area (TPSA) is 746 Å². The van der Waals surface area contributed by atoms with E-state index in [2.05, 4.69) is 31.3 Å². The minimum Gasteiger partial charge on any atom is -0.480 e. The third kappa shape index (κ3) is 36.7. The Morgan fingerprint density at radius 3 is 0.753 bits per heavy atom. The van der Waals surface area contributed by atoms with E-state index in [-0.39, 0.29) is 13.1 Å². The van der Waals surface area contributed by atoms with Crippen molar-refractivity contribution in [2.75, 3.05) is 138 Å². The summed E-state index contributed by atoms with van der Waals surface area (Å²) in [6.45, 7) is -16.9. The van der Waals surface area contributed by atoms with Gasteiger partial charge in [0.05, 0.1) is 84.0 Å². The van der Waals surface area contributed by atoms with Gasteiger partial charge in [0.1, 0.15) is 97.7 Å². The number of nitrogens with zero attached hydrogens (tertiary/aromatic N) is 9. The molecule has 0 heterocycles. The molecule has 0 aromatic heterocycles. The van der Waals surface area contributed by atoms with Crippen LogP contribution in [0.25, 0.3) is 0 Å². The third-order valence-corrected chi connectivity index (χ3v) is 12.8. The van der Waals surface area contributed by atoms with Crippen LogP contribution >= 0.6 is 0 Å². The number of amides is 6. The van der Waals surface area contributed by atoms with Crippen molar-refractivity contribution in [1.82, 2.24) is 35.1 Å². The molecule has 0 aliphatic heterocycles. The number of aliphatic carboxylic acids is 3. The zero-order valence-corrected chi connectivity index (χ0v) is 51.5. The Morgan fingerprint density at radius 1 is 0.320 bits per heavy atom. The monoisotopic (exact) mass is 1420 g/mol. The van der Waals surface area contributed by atoms with Gasteiger partial charge in [0, 0.05) is 52.4 Å². The number of imide groups is 2. The Morgan fingerprint density at radius 2 is 0.536 bits per heavy atom. The maximum absolute atomic E-state index is 13.2. The molecule has 12 unspecified atom stereocenters. The summed E-state index contributed by atoms with van der Waals surface area (Å²) in [7, 11) is 0. The summed E-state index contributed by atoms with van der Waals surface area (Å²) >= 11 is 0. The van der Waals surface area contributed by atoms with Gasteiger partial charge >= 0.3 is 17.9 Å². The van der Waals surface area contributed by atoms with Crippen molar-refractivity contribution in [3.8, 4) is 0 Å². The smallest absolute Gasteiger partial charge is 0.317 e. The molecule has 16 atom stereocenters. The number of aliphatic hydroxyl groups is 20. The SMILES string of the molecule is O=C(O)CN(CCN(CC(=O)O)CC(=O)NCCN(C(=O)CO/N=C/[C@@H](O)C(O)C(O)C(O)CO)C(=O)CO/N=C/[C@@H](O)C(O)C(O)C(O)CO)CCN(CC(=O)O)CC(=O)NCCN(C(=O)CO/N=C/[C@@H](O)C(O)C(O)C(O)CO)C(=O)CO/N=C/[C@H](O)C(O)C(O)C(O)CO. The van der Waals surface area contributed by atoms with Crippen LogP contribution < -0.4 is 10.6 Å². The van der Waals surface area contributed by atoms with Crippen LogP contribution in [0.5, 0.6) is 0 Å². The number of oxime groups is 4. The van der Waals surface area contributed by atoms with Gasteiger partial charge in [0.15, 0.2) is 26.4 Å². The normalized spacial score (nSPS) is 17.1. The minimum absolute atomic E-state index is 0.354. The molecule has 0 rings (SSSR count). The standard InChI is InChI=1S/C50H87N11O36/c62-18-30(70)47(90)43(86)26(66)9-53-94-22-36(76)60(37(77)23-95-54-10-27(67)44(87)48(91)31(71)19-63)3-1-51-34(74)13-58(16-41(82)83)7-5-57(15-40(80)81)6-8-59(17-42(84)85)14-35(75)52-2-4-61(38(78)24-96-55-11-28(68)45(88)49(92)32(72)20-64)39(79)25-97-56-12-29(69)46(89)50(93)33(73)21-65/h9-12,26-33,43-50,62-73,86-93H,1-8,13-25H2,(H,51,74)(H,52,75)(H,80,81)(H,82,83)(H,84,85)/b53-9+,54-10+,55-11+,56-12+/t26-,27-,28-,29+,30?,31?,32?,33?,43?,44?,45?,46?,47?,48?,49?,50?/m1/s1. The molecule has 0 saturated carbocycles. The third-order valence-electron chi connectivity index (χ3n) is 12.8. The van der Waals surface area contributed by atoms with Crippen LogP contribution in [0.2, 0.25) is 0 Å². The van der Waals surface area contributed by atoms with Crippen molar-refractivity contribution in [3.05, 3.63) is 0 Å². The predicted octanol–water partition coefficient (Wildman–Crippen LogP) is -18.2. The Kier molecular flexibility index (Phi) is 45.4. The summed E-state index contributed by atoms with van der Waals surface area (Å²) in [4.78, 5) is 138. The molecular weight excluding hydrogens is 1330 g/mol. The number of rotatable bonds is 54. The average molecular weight is 1420 g/mol. The molecule has 0 saturated heterocycles. The van der Waals surface area contributed by atoms with Crippen molar-refractivity contribution in [1.29, 1.82) is 0 Å². The van der Waals surface area contributed by atoms with Crippen molar-refractivity contribution in [3.63, 3.8) is 0 Å². The highest BCUT2D eigenvalue weighted by atomic mass is 16.6. The molecule has 25 N–H and O–H groups in total. The van der Waals surface area contributed by atoms with E-state index in [0.717, 1.165) is 14.7 Å². The van der Waals surface area contributed by atoms with Crippen LogP contribution in [0.4, 0.5) is 0 Å². The van der Waals surface area contributed by atoms with Crippen LogP contribution in [0.1, 0.15) is 0 Å². The number of carboxylic acids is 3. The number of hydrogen-bond acceptors (Lipinski definition) is 40. The highest BCUT2D eigenvalue weighted by Crippen LogP contribution is 2.09. The van der Waals surface area contributed by atoms with E-state index in [4.69, 9.17) is 39.8 Å². The second-order valence-electron chi connectivity index (χ2n) is 20.5. The van der Waals surface area contributed by atoms with Crippen LogP contribution in [0.3, 0.4) is 0 Å². The van der Waals surface area contributed by atoms with Gasteiger partial charge in [-0.2, -0.15) is 0 Å². The maximum Gasteiger partial charge on any atom is 0.317 e. The molecule has 0 aliphatic rings. The van der Waals surface area contributed by atoms with E-state index in [1.165, 1.54) is 0 Å². The second kappa shape index (κ2) is 49.2. The van der Waals surface area contributed by atoms with Gasteiger partial charge in [-0.1, -0.05) is 20.6 Å². The molecule has 47 heteroatoms. The van der Waals surface area contributed by atoms with E-state index in [9.17, 15) is 140 Å². The highest BCUT2D eigenvalue weighted by molar-refractivity contribution is 5.97. The van der Waals surface area contributed by atoms with Gasteiger partial charge in [-0.15, -0.1) is 0 Å². The van der Waals surface area contributed by atoms with Gasteiger partial charge in [-0.25, -0.2) is 0 Å². The van der Waals surface area contributed by atoms with Crippen molar-refractivity contribution < 1.29 is 180 Å². The molecule has 0 aromatic rings. The first kappa shape index (κ1) is 89.6. The number of carbonyl (C=O) groups is 9. The van der Waals surface area contributed by atoms with Gasteiger partial charge in [0.2, 0.25) is 11.8 Å². The molecular formula is C50H87N11O36. The molecule has 0 aromatic carbocycles. The predicted molar refractivity (Wildman–Crippen MR) is 314 cm³/mol. The average Bonchev–Trinajstić information content (AvgIpc) is 1.88. The van der Waals surface area contributed by atoms with Crippen molar-refractivity contribution in [2.45, 2.75) is 97.7 Å². The molecule has 0 bridgehead atoms. The summed E-state index contributed by atoms with van der Waals surface area (Å²) < 4.78 is 0. The Hall–Kier alpha value is -7.41. The molecule has 0 radical (unpaired) electrons. The minimum atomic E-state index is -2.14. The number of aliphatic hydroxyl groups excluding tert-OH is 20. The summed E-state index contributed by atoms with van der Waals surface area (Å²) in [6.07, 6.45) is -30.9. The lowest BCUT2D eigenvalue weighted by atomic mass is 10.0. The fraction of sp³-hybridized carbons (Fsp3) is 0.740. The lowest BCUT2D eigenvalue weighted by Crippen LogP contribution is -2.49.